The summed E-state index contributed by atoms with van der Waals surface area (Å²) in [6.45, 7) is 4.20. The molecule has 0 aliphatic carbocycles. The van der Waals surface area contributed by atoms with E-state index in [0.717, 1.165) is 11.3 Å². The van der Waals surface area contributed by atoms with Crippen molar-refractivity contribution in [2.24, 2.45) is 0 Å². The Kier molecular flexibility index (Phi) is 3.28. The van der Waals surface area contributed by atoms with E-state index in [0.29, 0.717) is 11.5 Å². The molecule has 1 heterocycles. The number of rotatable bonds is 3. The van der Waals surface area contributed by atoms with Crippen molar-refractivity contribution >= 4 is 11.6 Å². The Morgan fingerprint density at radius 3 is 2.65 bits per heavy atom. The van der Waals surface area contributed by atoms with Gasteiger partial charge in [-0.05, 0) is 23.6 Å². The molecule has 1 amide bonds. The molecule has 0 fully saturated rings. The summed E-state index contributed by atoms with van der Waals surface area (Å²) in [6, 6.07) is 9.47. The molecule has 0 saturated carbocycles. The minimum Gasteiger partial charge on any atom is -0.472 e. The van der Waals surface area contributed by atoms with Gasteiger partial charge in [0.05, 0.1) is 11.8 Å². The molecule has 0 bridgehead atoms. The van der Waals surface area contributed by atoms with Gasteiger partial charge in [-0.1, -0.05) is 32.0 Å². The highest BCUT2D eigenvalue weighted by Crippen LogP contribution is 2.24. The fraction of sp³-hybridized carbons (Fsp3) is 0.214. The average molecular weight is 229 g/mol. The lowest BCUT2D eigenvalue weighted by Crippen LogP contribution is -2.12. The van der Waals surface area contributed by atoms with Crippen molar-refractivity contribution in [2.75, 3.05) is 5.32 Å². The minimum absolute atomic E-state index is 0.146. The molecular weight excluding hydrogens is 214 g/mol. The van der Waals surface area contributed by atoms with Crippen LogP contribution in [0, 0.1) is 0 Å². The molecule has 0 unspecified atom stereocenters. The summed E-state index contributed by atoms with van der Waals surface area (Å²) in [4.78, 5) is 11.9. The van der Waals surface area contributed by atoms with Gasteiger partial charge in [0.25, 0.3) is 5.91 Å². The Labute approximate surface area is 100 Å². The van der Waals surface area contributed by atoms with Crippen LogP contribution >= 0.6 is 0 Å². The summed E-state index contributed by atoms with van der Waals surface area (Å²) in [5.41, 5.74) is 2.52. The predicted molar refractivity (Wildman–Crippen MR) is 67.2 cm³/mol. The van der Waals surface area contributed by atoms with Crippen LogP contribution in [0.1, 0.15) is 35.7 Å². The van der Waals surface area contributed by atoms with Gasteiger partial charge in [-0.3, -0.25) is 4.79 Å². The Balaban J connectivity index is 2.22. The number of hydrogen-bond acceptors (Lipinski definition) is 2. The molecule has 0 aliphatic heterocycles. The van der Waals surface area contributed by atoms with E-state index in [9.17, 15) is 4.79 Å². The Hall–Kier alpha value is -2.03. The summed E-state index contributed by atoms with van der Waals surface area (Å²) in [7, 11) is 0. The van der Waals surface area contributed by atoms with Gasteiger partial charge in [0.1, 0.15) is 6.26 Å². The highest BCUT2D eigenvalue weighted by molar-refractivity contribution is 6.04. The van der Waals surface area contributed by atoms with Gasteiger partial charge in [-0.15, -0.1) is 0 Å². The first-order chi connectivity index (χ1) is 8.18. The first-order valence-corrected chi connectivity index (χ1v) is 5.61. The lowest BCUT2D eigenvalue weighted by molar-refractivity contribution is 0.102. The van der Waals surface area contributed by atoms with E-state index < -0.39 is 0 Å². The number of benzene rings is 1. The van der Waals surface area contributed by atoms with Gasteiger partial charge < -0.3 is 9.73 Å². The SMILES string of the molecule is CC(C)c1ccccc1NC(=O)c1ccoc1. The number of carbonyl (C=O) groups excluding carboxylic acids is 1. The highest BCUT2D eigenvalue weighted by atomic mass is 16.3. The lowest BCUT2D eigenvalue weighted by Gasteiger charge is -2.12. The standard InChI is InChI=1S/C14H15NO2/c1-10(2)12-5-3-4-6-13(12)15-14(16)11-7-8-17-9-11/h3-10H,1-2H3,(H,15,16). The molecule has 1 aromatic heterocycles. The summed E-state index contributed by atoms with van der Waals surface area (Å²) in [5, 5.41) is 2.90. The third-order valence-electron chi connectivity index (χ3n) is 2.61. The molecule has 1 aromatic carbocycles. The van der Waals surface area contributed by atoms with Crippen molar-refractivity contribution < 1.29 is 9.21 Å². The van der Waals surface area contributed by atoms with Gasteiger partial charge in [0.15, 0.2) is 0 Å². The van der Waals surface area contributed by atoms with Crippen LogP contribution in [0.4, 0.5) is 5.69 Å². The summed E-state index contributed by atoms with van der Waals surface area (Å²) >= 11 is 0. The van der Waals surface area contributed by atoms with Crippen LogP contribution in [-0.4, -0.2) is 5.91 Å². The molecule has 0 radical (unpaired) electrons. The monoisotopic (exact) mass is 229 g/mol. The number of carbonyl (C=O) groups is 1. The van der Waals surface area contributed by atoms with Crippen molar-refractivity contribution in [2.45, 2.75) is 19.8 Å². The highest BCUT2D eigenvalue weighted by Gasteiger charge is 2.11. The zero-order chi connectivity index (χ0) is 12.3. The Morgan fingerprint density at radius 1 is 1.24 bits per heavy atom. The normalized spacial score (nSPS) is 10.5. The molecule has 88 valence electrons. The van der Waals surface area contributed by atoms with E-state index >= 15 is 0 Å². The van der Waals surface area contributed by atoms with Crippen LogP contribution < -0.4 is 5.32 Å². The van der Waals surface area contributed by atoms with Gasteiger partial charge in [0, 0.05) is 5.69 Å². The molecule has 0 spiro atoms. The van der Waals surface area contributed by atoms with Crippen molar-refractivity contribution in [3.63, 3.8) is 0 Å². The van der Waals surface area contributed by atoms with Crippen LogP contribution in [-0.2, 0) is 0 Å². The van der Waals surface area contributed by atoms with E-state index in [-0.39, 0.29) is 5.91 Å². The average Bonchev–Trinajstić information content (AvgIpc) is 2.83. The van der Waals surface area contributed by atoms with E-state index in [2.05, 4.69) is 19.2 Å². The van der Waals surface area contributed by atoms with Gasteiger partial charge in [0.2, 0.25) is 0 Å². The molecule has 0 saturated heterocycles. The summed E-state index contributed by atoms with van der Waals surface area (Å²) in [6.07, 6.45) is 2.93. The van der Waals surface area contributed by atoms with Crippen LogP contribution in [0.3, 0.4) is 0 Å². The fourth-order valence-electron chi connectivity index (χ4n) is 1.70. The van der Waals surface area contributed by atoms with E-state index in [1.54, 1.807) is 6.07 Å². The third-order valence-corrected chi connectivity index (χ3v) is 2.61. The predicted octanol–water partition coefficient (Wildman–Crippen LogP) is 3.66. The second kappa shape index (κ2) is 4.87. The molecule has 3 nitrogen and oxygen atoms in total. The molecular formula is C14H15NO2. The van der Waals surface area contributed by atoms with Crippen molar-refractivity contribution in [1.29, 1.82) is 0 Å². The fourth-order valence-corrected chi connectivity index (χ4v) is 1.70. The van der Waals surface area contributed by atoms with E-state index in [1.165, 1.54) is 12.5 Å². The maximum absolute atomic E-state index is 11.9. The van der Waals surface area contributed by atoms with Crippen LogP contribution in [0.2, 0.25) is 0 Å². The van der Waals surface area contributed by atoms with Gasteiger partial charge >= 0.3 is 0 Å². The van der Waals surface area contributed by atoms with Crippen molar-refractivity contribution in [1.82, 2.24) is 0 Å². The summed E-state index contributed by atoms with van der Waals surface area (Å²) < 4.78 is 4.89. The molecule has 0 atom stereocenters. The first kappa shape index (κ1) is 11.5. The quantitative estimate of drug-likeness (QED) is 0.872. The van der Waals surface area contributed by atoms with Gasteiger partial charge in [-0.25, -0.2) is 0 Å². The van der Waals surface area contributed by atoms with E-state index in [1.807, 2.05) is 24.3 Å². The third kappa shape index (κ3) is 2.56. The smallest absolute Gasteiger partial charge is 0.258 e. The van der Waals surface area contributed by atoms with E-state index in [4.69, 9.17) is 4.42 Å². The second-order valence-electron chi connectivity index (χ2n) is 4.21. The zero-order valence-corrected chi connectivity index (χ0v) is 9.94. The molecule has 1 N–H and O–H groups in total. The second-order valence-corrected chi connectivity index (χ2v) is 4.21. The molecule has 0 aliphatic rings. The molecule has 2 aromatic rings. The Bertz CT molecular complexity index is 501. The number of furan rings is 1. The van der Waals surface area contributed by atoms with Crippen molar-refractivity contribution in [3.8, 4) is 0 Å². The number of amides is 1. The molecule has 3 heteroatoms. The van der Waals surface area contributed by atoms with Gasteiger partial charge in [-0.2, -0.15) is 0 Å². The molecule has 2 rings (SSSR count). The number of anilines is 1. The van der Waals surface area contributed by atoms with Crippen molar-refractivity contribution in [3.05, 3.63) is 54.0 Å². The number of hydrogen-bond donors (Lipinski definition) is 1. The lowest BCUT2D eigenvalue weighted by atomic mass is 10.0. The first-order valence-electron chi connectivity index (χ1n) is 5.61. The maximum Gasteiger partial charge on any atom is 0.258 e. The molecule has 17 heavy (non-hydrogen) atoms. The zero-order valence-electron chi connectivity index (χ0n) is 9.94. The van der Waals surface area contributed by atoms with Crippen LogP contribution in [0.25, 0.3) is 0 Å². The largest absolute Gasteiger partial charge is 0.472 e. The number of para-hydroxylation sites is 1. The Morgan fingerprint density at radius 2 is 2.00 bits per heavy atom. The maximum atomic E-state index is 11.9. The minimum atomic E-state index is -0.146. The topological polar surface area (TPSA) is 42.2 Å². The number of nitrogens with one attached hydrogen (secondary N) is 1. The van der Waals surface area contributed by atoms with Crippen LogP contribution in [0.15, 0.2) is 47.3 Å². The summed E-state index contributed by atoms with van der Waals surface area (Å²) in [5.74, 6) is 0.225. The van der Waals surface area contributed by atoms with Crippen LogP contribution in [0.5, 0.6) is 0 Å².